The lowest BCUT2D eigenvalue weighted by molar-refractivity contribution is 0.197. The lowest BCUT2D eigenvalue weighted by atomic mass is 10.0. The molecule has 3 atom stereocenters. The van der Waals surface area contributed by atoms with Gasteiger partial charge in [-0.2, -0.15) is 0 Å². The van der Waals surface area contributed by atoms with Crippen LogP contribution in [0.2, 0.25) is 0 Å². The number of hydrogen-bond acceptors (Lipinski definition) is 3. The largest absolute Gasteiger partial charge is 0.314 e. The van der Waals surface area contributed by atoms with Crippen molar-refractivity contribution < 1.29 is 0 Å². The Labute approximate surface area is 119 Å². The Balaban J connectivity index is 1.55. The van der Waals surface area contributed by atoms with Gasteiger partial charge in [-0.25, -0.2) is 0 Å². The molecule has 112 valence electrons. The summed E-state index contributed by atoms with van der Waals surface area (Å²) >= 11 is 0. The highest BCUT2D eigenvalue weighted by Gasteiger charge is 2.18. The Morgan fingerprint density at radius 3 is 2.63 bits per heavy atom. The van der Waals surface area contributed by atoms with Crippen LogP contribution in [0.15, 0.2) is 0 Å². The van der Waals surface area contributed by atoms with Gasteiger partial charge >= 0.3 is 0 Å². The van der Waals surface area contributed by atoms with Crippen LogP contribution in [0.1, 0.15) is 52.4 Å². The predicted octanol–water partition coefficient (Wildman–Crippen LogP) is 2.23. The monoisotopic (exact) mass is 267 g/mol. The standard InChI is InChI=1S/C16H33N3/c1-14(13-19-9-4-3-5-10-19)12-18-15(2)11-16-7-6-8-17-16/h14-18H,3-13H2,1-2H3. The molecule has 2 rings (SSSR count). The highest BCUT2D eigenvalue weighted by atomic mass is 15.1. The summed E-state index contributed by atoms with van der Waals surface area (Å²) in [5, 5.41) is 7.32. The van der Waals surface area contributed by atoms with E-state index < -0.39 is 0 Å². The van der Waals surface area contributed by atoms with Crippen molar-refractivity contribution in [3.05, 3.63) is 0 Å². The average Bonchev–Trinajstić information content (AvgIpc) is 2.90. The van der Waals surface area contributed by atoms with E-state index in [1.165, 1.54) is 71.2 Å². The minimum absolute atomic E-state index is 0.652. The molecule has 2 aliphatic heterocycles. The van der Waals surface area contributed by atoms with Gasteiger partial charge in [0.15, 0.2) is 0 Å². The summed E-state index contributed by atoms with van der Waals surface area (Å²) in [6, 6.07) is 1.42. The first-order valence-corrected chi connectivity index (χ1v) is 8.43. The smallest absolute Gasteiger partial charge is 0.00822 e. The van der Waals surface area contributed by atoms with E-state index >= 15 is 0 Å². The normalized spacial score (nSPS) is 28.4. The van der Waals surface area contributed by atoms with Crippen molar-refractivity contribution in [1.29, 1.82) is 0 Å². The molecular formula is C16H33N3. The molecule has 0 saturated carbocycles. The van der Waals surface area contributed by atoms with E-state index in [4.69, 9.17) is 0 Å². The van der Waals surface area contributed by atoms with Crippen molar-refractivity contribution in [2.75, 3.05) is 32.7 Å². The van der Waals surface area contributed by atoms with E-state index in [0.717, 1.165) is 12.0 Å². The van der Waals surface area contributed by atoms with Gasteiger partial charge in [-0.3, -0.25) is 0 Å². The molecule has 0 aromatic carbocycles. The van der Waals surface area contributed by atoms with Gasteiger partial charge in [-0.15, -0.1) is 0 Å². The molecule has 0 bridgehead atoms. The van der Waals surface area contributed by atoms with Crippen molar-refractivity contribution in [3.8, 4) is 0 Å². The summed E-state index contributed by atoms with van der Waals surface area (Å²) in [4.78, 5) is 2.65. The molecule has 0 spiro atoms. The van der Waals surface area contributed by atoms with Gasteiger partial charge in [-0.1, -0.05) is 13.3 Å². The maximum absolute atomic E-state index is 3.73. The predicted molar refractivity (Wildman–Crippen MR) is 82.6 cm³/mol. The fourth-order valence-electron chi connectivity index (χ4n) is 3.52. The third-order valence-corrected chi connectivity index (χ3v) is 4.63. The highest BCUT2D eigenvalue weighted by molar-refractivity contribution is 4.79. The quantitative estimate of drug-likeness (QED) is 0.741. The van der Waals surface area contributed by atoms with Crippen LogP contribution >= 0.6 is 0 Å². The van der Waals surface area contributed by atoms with Gasteiger partial charge in [0.25, 0.3) is 0 Å². The van der Waals surface area contributed by atoms with Crippen molar-refractivity contribution in [2.45, 2.75) is 64.5 Å². The Hall–Kier alpha value is -0.120. The van der Waals surface area contributed by atoms with Crippen molar-refractivity contribution >= 4 is 0 Å². The molecule has 2 heterocycles. The van der Waals surface area contributed by atoms with E-state index in [9.17, 15) is 0 Å². The number of rotatable bonds is 7. The van der Waals surface area contributed by atoms with Crippen molar-refractivity contribution in [3.63, 3.8) is 0 Å². The number of hydrogen-bond donors (Lipinski definition) is 2. The first-order chi connectivity index (χ1) is 9.24. The molecule has 2 fully saturated rings. The second-order valence-electron chi connectivity index (χ2n) is 6.80. The average molecular weight is 267 g/mol. The number of nitrogens with one attached hydrogen (secondary N) is 2. The van der Waals surface area contributed by atoms with Gasteiger partial charge in [0, 0.05) is 18.6 Å². The molecule has 0 aromatic heterocycles. The highest BCUT2D eigenvalue weighted by Crippen LogP contribution is 2.12. The summed E-state index contributed by atoms with van der Waals surface area (Å²) < 4.78 is 0. The Bertz CT molecular complexity index is 232. The number of likely N-dealkylation sites (tertiary alicyclic amines) is 1. The van der Waals surface area contributed by atoms with Crippen LogP contribution in [0.25, 0.3) is 0 Å². The van der Waals surface area contributed by atoms with E-state index in [1.54, 1.807) is 0 Å². The van der Waals surface area contributed by atoms with Gasteiger partial charge < -0.3 is 15.5 Å². The van der Waals surface area contributed by atoms with Gasteiger partial charge in [0.2, 0.25) is 0 Å². The molecule has 2 aliphatic rings. The summed E-state index contributed by atoms with van der Waals surface area (Å²) in [6.07, 6.45) is 8.27. The van der Waals surface area contributed by atoms with E-state index in [0.29, 0.717) is 6.04 Å². The van der Waals surface area contributed by atoms with Gasteiger partial charge in [0.1, 0.15) is 0 Å². The zero-order chi connectivity index (χ0) is 13.5. The second-order valence-corrected chi connectivity index (χ2v) is 6.80. The minimum atomic E-state index is 0.652. The molecular weight excluding hydrogens is 234 g/mol. The van der Waals surface area contributed by atoms with Crippen LogP contribution in [-0.2, 0) is 0 Å². The Morgan fingerprint density at radius 1 is 1.16 bits per heavy atom. The molecule has 2 N–H and O–H groups in total. The fourth-order valence-corrected chi connectivity index (χ4v) is 3.52. The van der Waals surface area contributed by atoms with Crippen molar-refractivity contribution in [2.24, 2.45) is 5.92 Å². The molecule has 3 nitrogen and oxygen atoms in total. The van der Waals surface area contributed by atoms with Crippen LogP contribution in [0.3, 0.4) is 0 Å². The number of piperidine rings is 1. The summed E-state index contributed by atoms with van der Waals surface area (Å²) in [6.45, 7) is 11.1. The fraction of sp³-hybridized carbons (Fsp3) is 1.00. The molecule has 0 aliphatic carbocycles. The Kier molecular flexibility index (Phi) is 6.62. The van der Waals surface area contributed by atoms with Crippen LogP contribution in [0, 0.1) is 5.92 Å². The second kappa shape index (κ2) is 8.23. The first kappa shape index (κ1) is 15.3. The lowest BCUT2D eigenvalue weighted by Gasteiger charge is -2.30. The molecule has 2 saturated heterocycles. The first-order valence-electron chi connectivity index (χ1n) is 8.43. The van der Waals surface area contributed by atoms with Crippen LogP contribution in [0.5, 0.6) is 0 Å². The van der Waals surface area contributed by atoms with E-state index in [-0.39, 0.29) is 0 Å². The third kappa shape index (κ3) is 5.80. The van der Waals surface area contributed by atoms with E-state index in [2.05, 4.69) is 29.4 Å². The molecule has 0 amide bonds. The molecule has 3 heteroatoms. The minimum Gasteiger partial charge on any atom is -0.314 e. The van der Waals surface area contributed by atoms with E-state index in [1.807, 2.05) is 0 Å². The van der Waals surface area contributed by atoms with Crippen LogP contribution < -0.4 is 10.6 Å². The summed E-state index contributed by atoms with van der Waals surface area (Å²) in [5.41, 5.74) is 0. The van der Waals surface area contributed by atoms with Crippen LogP contribution in [-0.4, -0.2) is 49.7 Å². The summed E-state index contributed by atoms with van der Waals surface area (Å²) in [7, 11) is 0. The maximum Gasteiger partial charge on any atom is 0.00822 e. The SMILES string of the molecule is CC(CNC(C)CC1CCCN1)CN1CCCCC1. The molecule has 19 heavy (non-hydrogen) atoms. The van der Waals surface area contributed by atoms with Crippen molar-refractivity contribution in [1.82, 2.24) is 15.5 Å². The molecule has 3 unspecified atom stereocenters. The van der Waals surface area contributed by atoms with Gasteiger partial charge in [0.05, 0.1) is 0 Å². The molecule has 0 aromatic rings. The lowest BCUT2D eigenvalue weighted by Crippen LogP contribution is -2.40. The molecule has 0 radical (unpaired) electrons. The third-order valence-electron chi connectivity index (χ3n) is 4.63. The van der Waals surface area contributed by atoms with Gasteiger partial charge in [-0.05, 0) is 71.1 Å². The zero-order valence-corrected chi connectivity index (χ0v) is 13.0. The topological polar surface area (TPSA) is 27.3 Å². The van der Waals surface area contributed by atoms with Crippen LogP contribution in [0.4, 0.5) is 0 Å². The number of nitrogens with zero attached hydrogens (tertiary/aromatic N) is 1. The zero-order valence-electron chi connectivity index (χ0n) is 13.0. The Morgan fingerprint density at radius 2 is 1.95 bits per heavy atom. The maximum atomic E-state index is 3.73. The summed E-state index contributed by atoms with van der Waals surface area (Å²) in [5.74, 6) is 0.775.